The Labute approximate surface area is 153 Å². The monoisotopic (exact) mass is 364 g/mol. The van der Waals surface area contributed by atoms with Crippen molar-refractivity contribution in [2.75, 3.05) is 32.7 Å². The van der Waals surface area contributed by atoms with Crippen LogP contribution in [0.15, 0.2) is 23.3 Å². The quantitative estimate of drug-likeness (QED) is 0.891. The minimum absolute atomic E-state index is 0.0283. The summed E-state index contributed by atoms with van der Waals surface area (Å²) in [5, 5.41) is 9.31. The second-order valence-corrected chi connectivity index (χ2v) is 7.64. The van der Waals surface area contributed by atoms with Crippen molar-refractivity contribution in [3.8, 4) is 0 Å². The van der Waals surface area contributed by atoms with Gasteiger partial charge in [-0.05, 0) is 31.0 Å². The molecule has 26 heavy (non-hydrogen) atoms. The van der Waals surface area contributed by atoms with Gasteiger partial charge in [0, 0.05) is 44.7 Å². The molecule has 0 aliphatic carbocycles. The summed E-state index contributed by atoms with van der Waals surface area (Å²) in [5.41, 5.74) is 0.399. The minimum Gasteiger partial charge on any atom is -0.314 e. The zero-order valence-corrected chi connectivity index (χ0v) is 15.6. The van der Waals surface area contributed by atoms with E-state index in [4.69, 9.17) is 0 Å². The van der Waals surface area contributed by atoms with Gasteiger partial charge in [0.2, 0.25) is 0 Å². The molecule has 3 rings (SSSR count). The van der Waals surface area contributed by atoms with Crippen LogP contribution in [0.2, 0.25) is 0 Å². The number of hydrazone groups is 1. The number of piperazine rings is 1. The minimum atomic E-state index is -0.901. The predicted molar refractivity (Wildman–Crippen MR) is 96.9 cm³/mol. The van der Waals surface area contributed by atoms with Crippen molar-refractivity contribution >= 4 is 11.6 Å². The molecule has 2 heterocycles. The summed E-state index contributed by atoms with van der Waals surface area (Å²) < 4.78 is 27.1. The van der Waals surface area contributed by atoms with Crippen LogP contribution >= 0.6 is 0 Å². The molecule has 1 N–H and O–H groups in total. The molecule has 5 nitrogen and oxygen atoms in total. The Morgan fingerprint density at radius 1 is 1.23 bits per heavy atom. The van der Waals surface area contributed by atoms with E-state index in [0.29, 0.717) is 24.2 Å². The maximum atomic E-state index is 13.7. The summed E-state index contributed by atoms with van der Waals surface area (Å²) >= 11 is 0. The fourth-order valence-corrected chi connectivity index (χ4v) is 3.62. The highest BCUT2D eigenvalue weighted by atomic mass is 19.2. The van der Waals surface area contributed by atoms with Crippen molar-refractivity contribution < 1.29 is 13.6 Å². The third-order valence-electron chi connectivity index (χ3n) is 5.05. The molecule has 7 heteroatoms. The molecule has 2 aliphatic rings. The van der Waals surface area contributed by atoms with Crippen LogP contribution in [-0.4, -0.2) is 59.8 Å². The van der Waals surface area contributed by atoms with Crippen LogP contribution in [0.5, 0.6) is 0 Å². The molecule has 1 atom stereocenters. The van der Waals surface area contributed by atoms with Gasteiger partial charge in [-0.15, -0.1) is 0 Å². The van der Waals surface area contributed by atoms with Gasteiger partial charge in [0.05, 0.1) is 5.71 Å². The average Bonchev–Trinajstić information content (AvgIpc) is 2.61. The summed E-state index contributed by atoms with van der Waals surface area (Å²) in [5.74, 6) is -1.56. The van der Waals surface area contributed by atoms with Gasteiger partial charge in [-0.25, -0.2) is 13.8 Å². The van der Waals surface area contributed by atoms with Crippen LogP contribution in [0.1, 0.15) is 32.8 Å². The maximum absolute atomic E-state index is 13.7. The summed E-state index contributed by atoms with van der Waals surface area (Å²) in [6.45, 7) is 9.66. The first-order valence-electron chi connectivity index (χ1n) is 9.12. The van der Waals surface area contributed by atoms with E-state index >= 15 is 0 Å². The van der Waals surface area contributed by atoms with Crippen LogP contribution in [-0.2, 0) is 4.79 Å². The lowest BCUT2D eigenvalue weighted by atomic mass is 9.86. The van der Waals surface area contributed by atoms with Crippen molar-refractivity contribution in [2.24, 2.45) is 11.0 Å². The van der Waals surface area contributed by atoms with Gasteiger partial charge >= 0.3 is 0 Å². The van der Waals surface area contributed by atoms with Gasteiger partial charge in [0.25, 0.3) is 5.91 Å². The second kappa shape index (κ2) is 7.40. The number of carbonyl (C=O) groups is 1. The highest BCUT2D eigenvalue weighted by molar-refractivity contribution is 6.07. The highest BCUT2D eigenvalue weighted by Crippen LogP contribution is 2.30. The number of amides is 1. The summed E-state index contributed by atoms with van der Waals surface area (Å²) in [6.07, 6.45) is 0.380. The smallest absolute Gasteiger partial charge is 0.263 e. The topological polar surface area (TPSA) is 47.9 Å². The number of hydrogen-bond donors (Lipinski definition) is 1. The van der Waals surface area contributed by atoms with Crippen LogP contribution in [0.3, 0.4) is 0 Å². The molecule has 1 aromatic rings. The summed E-state index contributed by atoms with van der Waals surface area (Å²) in [4.78, 5) is 15.4. The zero-order chi connectivity index (χ0) is 18.9. The van der Waals surface area contributed by atoms with Crippen molar-refractivity contribution in [2.45, 2.75) is 32.7 Å². The van der Waals surface area contributed by atoms with Gasteiger partial charge in [-0.2, -0.15) is 5.10 Å². The third-order valence-corrected chi connectivity index (χ3v) is 5.05. The SMILES string of the molecule is CC(C)CN1N=C(c2ccc(F)c(F)c2)CC(C)(N2CCNCC2)C1=O. The van der Waals surface area contributed by atoms with E-state index in [0.717, 1.165) is 38.3 Å². The van der Waals surface area contributed by atoms with Crippen molar-refractivity contribution in [3.05, 3.63) is 35.4 Å². The predicted octanol–water partition coefficient (Wildman–Crippen LogP) is 2.22. The molecule has 2 aliphatic heterocycles. The molecule has 1 aromatic carbocycles. The molecule has 0 spiro atoms. The molecule has 0 bridgehead atoms. The Balaban J connectivity index is 1.99. The molecule has 0 saturated carbocycles. The third kappa shape index (κ3) is 3.64. The van der Waals surface area contributed by atoms with Gasteiger partial charge in [-0.3, -0.25) is 9.69 Å². The molecule has 0 aromatic heterocycles. The Kier molecular flexibility index (Phi) is 5.39. The maximum Gasteiger partial charge on any atom is 0.263 e. The standard InChI is InChI=1S/C19H26F2N4O/c1-13(2)12-25-18(26)19(3,24-8-6-22-7-9-24)11-17(23-25)14-4-5-15(20)16(21)10-14/h4-5,10,13,22H,6-9,11-12H2,1-3H3. The van der Waals surface area contributed by atoms with E-state index in [1.807, 2.05) is 20.8 Å². The molecular formula is C19H26F2N4O. The van der Waals surface area contributed by atoms with E-state index in [-0.39, 0.29) is 11.8 Å². The number of hydrogen-bond acceptors (Lipinski definition) is 4. The van der Waals surface area contributed by atoms with Gasteiger partial charge in [0.1, 0.15) is 5.54 Å². The fourth-order valence-electron chi connectivity index (χ4n) is 3.62. The van der Waals surface area contributed by atoms with Crippen LogP contribution < -0.4 is 5.32 Å². The first kappa shape index (κ1) is 18.9. The first-order valence-corrected chi connectivity index (χ1v) is 9.12. The van der Waals surface area contributed by atoms with Crippen molar-refractivity contribution in [3.63, 3.8) is 0 Å². The number of rotatable bonds is 4. The molecule has 1 unspecified atom stereocenters. The van der Waals surface area contributed by atoms with E-state index in [2.05, 4.69) is 15.3 Å². The van der Waals surface area contributed by atoms with Crippen LogP contribution in [0.25, 0.3) is 0 Å². The largest absolute Gasteiger partial charge is 0.314 e. The number of nitrogens with zero attached hydrogens (tertiary/aromatic N) is 3. The highest BCUT2D eigenvalue weighted by Gasteiger charge is 2.46. The van der Waals surface area contributed by atoms with Crippen molar-refractivity contribution in [1.82, 2.24) is 15.2 Å². The molecule has 1 amide bonds. The van der Waals surface area contributed by atoms with Gasteiger partial charge in [-0.1, -0.05) is 13.8 Å². The van der Waals surface area contributed by atoms with E-state index in [1.54, 1.807) is 0 Å². The van der Waals surface area contributed by atoms with Crippen molar-refractivity contribution in [1.29, 1.82) is 0 Å². The molecule has 142 valence electrons. The van der Waals surface area contributed by atoms with E-state index in [9.17, 15) is 13.6 Å². The number of nitrogens with one attached hydrogen (secondary N) is 1. The lowest BCUT2D eigenvalue weighted by Crippen LogP contribution is -2.64. The zero-order valence-electron chi connectivity index (χ0n) is 15.6. The van der Waals surface area contributed by atoms with Crippen LogP contribution in [0, 0.1) is 17.6 Å². The van der Waals surface area contributed by atoms with Gasteiger partial charge in [0.15, 0.2) is 11.6 Å². The second-order valence-electron chi connectivity index (χ2n) is 7.64. The number of halogens is 2. The Morgan fingerprint density at radius 2 is 1.92 bits per heavy atom. The van der Waals surface area contributed by atoms with Gasteiger partial charge < -0.3 is 5.32 Å². The Bertz CT molecular complexity index is 715. The summed E-state index contributed by atoms with van der Waals surface area (Å²) in [7, 11) is 0. The Morgan fingerprint density at radius 3 is 2.54 bits per heavy atom. The first-order chi connectivity index (χ1) is 12.3. The molecular weight excluding hydrogens is 338 g/mol. The van der Waals surface area contributed by atoms with Crippen LogP contribution in [0.4, 0.5) is 8.78 Å². The molecule has 0 radical (unpaired) electrons. The number of carbonyl (C=O) groups excluding carboxylic acids is 1. The van der Waals surface area contributed by atoms with E-state index in [1.165, 1.54) is 11.1 Å². The number of benzene rings is 1. The molecule has 1 fully saturated rings. The summed E-state index contributed by atoms with van der Waals surface area (Å²) in [6, 6.07) is 3.80. The fraction of sp³-hybridized carbons (Fsp3) is 0.579. The Hall–Kier alpha value is -1.86. The average molecular weight is 364 g/mol. The normalized spacial score (nSPS) is 24.9. The van der Waals surface area contributed by atoms with E-state index < -0.39 is 17.2 Å². The molecule has 1 saturated heterocycles. The lowest BCUT2D eigenvalue weighted by molar-refractivity contribution is -0.145. The lowest BCUT2D eigenvalue weighted by Gasteiger charge is -2.46.